The van der Waals surface area contributed by atoms with Crippen molar-refractivity contribution in [3.05, 3.63) is 23.4 Å². The molecule has 3 heteroatoms. The second kappa shape index (κ2) is 12.0. The Morgan fingerprint density at radius 3 is 2.58 bits per heavy atom. The molecular formula is C16H30N2O. The summed E-state index contributed by atoms with van der Waals surface area (Å²) in [5, 5.41) is 0. The molecule has 0 aliphatic carbocycles. The van der Waals surface area contributed by atoms with Crippen molar-refractivity contribution in [3.63, 3.8) is 0 Å². The smallest absolute Gasteiger partial charge is 0.0479 e. The van der Waals surface area contributed by atoms with Crippen LogP contribution in [0.25, 0.3) is 0 Å². The summed E-state index contributed by atoms with van der Waals surface area (Å²) in [5.41, 5.74) is 2.60. The first-order valence-corrected chi connectivity index (χ1v) is 7.19. The van der Waals surface area contributed by atoms with Gasteiger partial charge in [-0.05, 0) is 37.8 Å². The lowest BCUT2D eigenvalue weighted by Gasteiger charge is -2.23. The van der Waals surface area contributed by atoms with Gasteiger partial charge < -0.3 is 9.64 Å². The van der Waals surface area contributed by atoms with Gasteiger partial charge in [0.2, 0.25) is 0 Å². The number of likely N-dealkylation sites (N-methyl/N-ethyl adjacent to an activating group) is 1. The standard InChI is InChI=1S/C16H30N2O/c1-6-8-11-15(14-17-3)16(10-7-2)18(4)12-9-13-19-5/h7,10,14H,6,8-9,11-13H2,1-5H3/b10-7+,16-15-,17-14?. The molecule has 0 heterocycles. The summed E-state index contributed by atoms with van der Waals surface area (Å²) in [5.74, 6) is 0. The van der Waals surface area contributed by atoms with Crippen molar-refractivity contribution >= 4 is 6.21 Å². The Kier molecular flexibility index (Phi) is 11.3. The van der Waals surface area contributed by atoms with Gasteiger partial charge in [-0.15, -0.1) is 0 Å². The molecule has 0 saturated carbocycles. The lowest BCUT2D eigenvalue weighted by atomic mass is 10.1. The maximum Gasteiger partial charge on any atom is 0.0479 e. The van der Waals surface area contributed by atoms with Gasteiger partial charge in [-0.3, -0.25) is 4.99 Å². The van der Waals surface area contributed by atoms with Crippen molar-refractivity contribution in [2.24, 2.45) is 4.99 Å². The number of nitrogens with zero attached hydrogens (tertiary/aromatic N) is 2. The largest absolute Gasteiger partial charge is 0.385 e. The highest BCUT2D eigenvalue weighted by Crippen LogP contribution is 2.16. The van der Waals surface area contributed by atoms with Crippen LogP contribution in [0, 0.1) is 0 Å². The van der Waals surface area contributed by atoms with E-state index in [9.17, 15) is 0 Å². The molecule has 0 aliphatic heterocycles. The number of rotatable bonds is 10. The molecule has 0 saturated heterocycles. The van der Waals surface area contributed by atoms with E-state index in [0.29, 0.717) is 0 Å². The van der Waals surface area contributed by atoms with Crippen LogP contribution < -0.4 is 0 Å². The third-order valence-corrected chi connectivity index (χ3v) is 2.99. The SMILES string of the molecule is C/C=C/C(=C(/C=NC)CCCC)N(C)CCCOC. The predicted octanol–water partition coefficient (Wildman–Crippen LogP) is 3.68. The Hall–Kier alpha value is -1.09. The Labute approximate surface area is 119 Å². The highest BCUT2D eigenvalue weighted by atomic mass is 16.5. The molecule has 0 amide bonds. The number of hydrogen-bond donors (Lipinski definition) is 0. The minimum Gasteiger partial charge on any atom is -0.385 e. The van der Waals surface area contributed by atoms with Gasteiger partial charge in [-0.1, -0.05) is 19.4 Å². The van der Waals surface area contributed by atoms with E-state index in [1.54, 1.807) is 7.11 Å². The minimum absolute atomic E-state index is 0.805. The Morgan fingerprint density at radius 1 is 1.32 bits per heavy atom. The van der Waals surface area contributed by atoms with E-state index in [2.05, 4.69) is 42.9 Å². The number of allylic oxidation sites excluding steroid dienone is 3. The van der Waals surface area contributed by atoms with Gasteiger partial charge in [-0.2, -0.15) is 0 Å². The Bertz CT molecular complexity index is 306. The van der Waals surface area contributed by atoms with Crippen LogP contribution in [-0.2, 0) is 4.74 Å². The second-order valence-corrected chi connectivity index (χ2v) is 4.67. The van der Waals surface area contributed by atoms with Crippen LogP contribution in [0.4, 0.5) is 0 Å². The maximum atomic E-state index is 5.12. The molecule has 0 rings (SSSR count). The fourth-order valence-corrected chi connectivity index (χ4v) is 1.99. The molecule has 0 aromatic carbocycles. The average Bonchev–Trinajstić information content (AvgIpc) is 2.41. The first-order valence-electron chi connectivity index (χ1n) is 7.19. The molecule has 0 radical (unpaired) electrons. The zero-order valence-electron chi connectivity index (χ0n) is 13.3. The molecular weight excluding hydrogens is 236 g/mol. The number of unbranched alkanes of at least 4 members (excludes halogenated alkanes) is 1. The van der Waals surface area contributed by atoms with E-state index in [1.165, 1.54) is 24.1 Å². The van der Waals surface area contributed by atoms with Crippen LogP contribution in [0.5, 0.6) is 0 Å². The first-order chi connectivity index (χ1) is 9.21. The lowest BCUT2D eigenvalue weighted by Crippen LogP contribution is -2.21. The molecule has 0 bridgehead atoms. The molecule has 0 fully saturated rings. The van der Waals surface area contributed by atoms with Gasteiger partial charge in [0.1, 0.15) is 0 Å². The van der Waals surface area contributed by atoms with Crippen LogP contribution >= 0.6 is 0 Å². The van der Waals surface area contributed by atoms with Gasteiger partial charge in [-0.25, -0.2) is 0 Å². The quantitative estimate of drug-likeness (QED) is 0.342. The molecule has 19 heavy (non-hydrogen) atoms. The van der Waals surface area contributed by atoms with E-state index >= 15 is 0 Å². The topological polar surface area (TPSA) is 24.8 Å². The van der Waals surface area contributed by atoms with Crippen molar-refractivity contribution < 1.29 is 4.74 Å². The normalized spacial score (nSPS) is 13.3. The molecule has 0 N–H and O–H groups in total. The molecule has 110 valence electrons. The van der Waals surface area contributed by atoms with Crippen LogP contribution in [0.15, 0.2) is 28.4 Å². The molecule has 0 aromatic heterocycles. The summed E-state index contributed by atoms with van der Waals surface area (Å²) in [7, 11) is 5.73. The third kappa shape index (κ3) is 7.83. The molecule has 0 aliphatic rings. The fraction of sp³-hybridized carbons (Fsp3) is 0.688. The molecule has 0 aromatic rings. The van der Waals surface area contributed by atoms with E-state index < -0.39 is 0 Å². The Balaban J connectivity index is 4.95. The van der Waals surface area contributed by atoms with Gasteiger partial charge in [0.05, 0.1) is 0 Å². The summed E-state index contributed by atoms with van der Waals surface area (Å²) in [6.07, 6.45) is 10.8. The number of ether oxygens (including phenoxy) is 1. The fourth-order valence-electron chi connectivity index (χ4n) is 1.99. The van der Waals surface area contributed by atoms with Crippen molar-refractivity contribution in [1.82, 2.24) is 4.90 Å². The van der Waals surface area contributed by atoms with Gasteiger partial charge in [0.25, 0.3) is 0 Å². The van der Waals surface area contributed by atoms with Gasteiger partial charge in [0.15, 0.2) is 0 Å². The van der Waals surface area contributed by atoms with Crippen molar-refractivity contribution in [2.45, 2.75) is 39.5 Å². The van der Waals surface area contributed by atoms with Crippen LogP contribution in [0.3, 0.4) is 0 Å². The van der Waals surface area contributed by atoms with Crippen molar-refractivity contribution in [1.29, 1.82) is 0 Å². The second-order valence-electron chi connectivity index (χ2n) is 4.67. The summed E-state index contributed by atoms with van der Waals surface area (Å²) >= 11 is 0. The highest BCUT2D eigenvalue weighted by Gasteiger charge is 2.07. The number of methoxy groups -OCH3 is 1. The monoisotopic (exact) mass is 266 g/mol. The molecule has 0 unspecified atom stereocenters. The predicted molar refractivity (Wildman–Crippen MR) is 84.9 cm³/mol. The average molecular weight is 266 g/mol. The first kappa shape index (κ1) is 17.9. The van der Waals surface area contributed by atoms with E-state index in [-0.39, 0.29) is 0 Å². The van der Waals surface area contributed by atoms with E-state index in [1.807, 2.05) is 13.3 Å². The minimum atomic E-state index is 0.805. The summed E-state index contributed by atoms with van der Waals surface area (Å²) in [4.78, 5) is 6.50. The van der Waals surface area contributed by atoms with Crippen molar-refractivity contribution in [3.8, 4) is 0 Å². The van der Waals surface area contributed by atoms with Gasteiger partial charge >= 0.3 is 0 Å². The van der Waals surface area contributed by atoms with Crippen molar-refractivity contribution in [2.75, 3.05) is 34.4 Å². The van der Waals surface area contributed by atoms with Crippen LogP contribution in [0.2, 0.25) is 0 Å². The van der Waals surface area contributed by atoms with E-state index in [0.717, 1.165) is 26.0 Å². The lowest BCUT2D eigenvalue weighted by molar-refractivity contribution is 0.185. The van der Waals surface area contributed by atoms with Crippen LogP contribution in [0.1, 0.15) is 39.5 Å². The zero-order valence-corrected chi connectivity index (χ0v) is 13.3. The summed E-state index contributed by atoms with van der Waals surface area (Å²) in [6.45, 7) is 6.09. The van der Waals surface area contributed by atoms with E-state index in [4.69, 9.17) is 4.74 Å². The highest BCUT2D eigenvalue weighted by molar-refractivity contribution is 5.80. The maximum absolute atomic E-state index is 5.12. The number of hydrogen-bond acceptors (Lipinski definition) is 3. The molecule has 0 atom stereocenters. The van der Waals surface area contributed by atoms with Crippen LogP contribution in [-0.4, -0.2) is 45.5 Å². The Morgan fingerprint density at radius 2 is 2.05 bits per heavy atom. The zero-order chi connectivity index (χ0) is 14.5. The molecule has 3 nitrogen and oxygen atoms in total. The number of aliphatic imine (C=N–C) groups is 1. The third-order valence-electron chi connectivity index (χ3n) is 2.99. The molecule has 0 spiro atoms. The summed E-state index contributed by atoms with van der Waals surface area (Å²) in [6, 6.07) is 0. The summed E-state index contributed by atoms with van der Waals surface area (Å²) < 4.78 is 5.12. The van der Waals surface area contributed by atoms with Gasteiger partial charge in [0, 0.05) is 46.3 Å².